The van der Waals surface area contributed by atoms with Gasteiger partial charge < -0.3 is 10.6 Å². The zero-order valence-electron chi connectivity index (χ0n) is 10.5. The van der Waals surface area contributed by atoms with E-state index < -0.39 is 0 Å². The minimum absolute atomic E-state index is 0.0656. The third-order valence-corrected chi connectivity index (χ3v) is 4.69. The van der Waals surface area contributed by atoms with Crippen LogP contribution in [0.1, 0.15) is 5.56 Å². The number of hydrogen-bond acceptors (Lipinski definition) is 2. The van der Waals surface area contributed by atoms with Gasteiger partial charge in [0.2, 0.25) is 5.91 Å². The van der Waals surface area contributed by atoms with Crippen LogP contribution in [0, 0.1) is 0 Å². The summed E-state index contributed by atoms with van der Waals surface area (Å²) in [6.45, 7) is 0. The highest BCUT2D eigenvalue weighted by Gasteiger charge is 2.26. The smallest absolute Gasteiger partial charge is 0.247 e. The van der Waals surface area contributed by atoms with Gasteiger partial charge in [0.05, 0.1) is 15.2 Å². The van der Waals surface area contributed by atoms with Gasteiger partial charge in [0, 0.05) is 12.1 Å². The summed E-state index contributed by atoms with van der Waals surface area (Å²) in [5.41, 5.74) is 2.87. The third-order valence-electron chi connectivity index (χ3n) is 3.30. The van der Waals surface area contributed by atoms with E-state index in [1.807, 2.05) is 30.3 Å². The number of nitrogens with one attached hydrogen (secondary N) is 2. The normalized spacial score (nSPS) is 16.4. The number of hydrogen-bond donors (Lipinski definition) is 2. The summed E-state index contributed by atoms with van der Waals surface area (Å²) in [6, 6.07) is 13.1. The Morgan fingerprint density at radius 2 is 2.05 bits per heavy atom. The topological polar surface area (TPSA) is 41.1 Å². The molecule has 1 aliphatic heterocycles. The number of halogens is 2. The summed E-state index contributed by atoms with van der Waals surface area (Å²) in [5.74, 6) is -0.0656. The summed E-state index contributed by atoms with van der Waals surface area (Å²) >= 11 is 9.39. The molecule has 0 aliphatic carbocycles. The van der Waals surface area contributed by atoms with Gasteiger partial charge in [0.15, 0.2) is 0 Å². The van der Waals surface area contributed by atoms with Gasteiger partial charge >= 0.3 is 0 Å². The lowest BCUT2D eigenvalue weighted by molar-refractivity contribution is -0.116. The Morgan fingerprint density at radius 3 is 2.85 bits per heavy atom. The maximum Gasteiger partial charge on any atom is 0.247 e. The molecule has 0 spiro atoms. The van der Waals surface area contributed by atoms with E-state index in [2.05, 4.69) is 26.6 Å². The first kappa shape index (κ1) is 13.5. The number of carbonyl (C=O) groups is 1. The zero-order valence-corrected chi connectivity index (χ0v) is 12.8. The molecule has 5 heteroatoms. The van der Waals surface area contributed by atoms with E-state index >= 15 is 0 Å². The number of carbonyl (C=O) groups excluding carboxylic acids is 1. The highest BCUT2D eigenvalue weighted by atomic mass is 79.9. The molecule has 102 valence electrons. The molecule has 2 aromatic carbocycles. The van der Waals surface area contributed by atoms with Crippen LogP contribution in [0.25, 0.3) is 0 Å². The van der Waals surface area contributed by atoms with E-state index in [0.29, 0.717) is 21.6 Å². The van der Waals surface area contributed by atoms with E-state index in [1.165, 1.54) is 0 Å². The summed E-state index contributed by atoms with van der Waals surface area (Å²) in [4.78, 5) is 12.3. The zero-order chi connectivity index (χ0) is 14.1. The lowest BCUT2D eigenvalue weighted by atomic mass is 10.1. The van der Waals surface area contributed by atoms with Crippen LogP contribution in [0.5, 0.6) is 0 Å². The van der Waals surface area contributed by atoms with Gasteiger partial charge in [-0.05, 0) is 39.7 Å². The van der Waals surface area contributed by atoms with Gasteiger partial charge in [0.1, 0.15) is 6.04 Å². The summed E-state index contributed by atoms with van der Waals surface area (Å²) < 4.78 is 0.700. The van der Waals surface area contributed by atoms with Crippen LogP contribution >= 0.6 is 27.5 Å². The number of rotatable bonds is 2. The lowest BCUT2D eigenvalue weighted by Crippen LogP contribution is -2.32. The van der Waals surface area contributed by atoms with Crippen LogP contribution in [0.3, 0.4) is 0 Å². The summed E-state index contributed by atoms with van der Waals surface area (Å²) in [7, 11) is 0. The Kier molecular flexibility index (Phi) is 3.68. The van der Waals surface area contributed by atoms with Crippen molar-refractivity contribution in [3.8, 4) is 0 Å². The van der Waals surface area contributed by atoms with Crippen molar-refractivity contribution in [2.24, 2.45) is 0 Å². The SMILES string of the molecule is O=C(Nc1cccc(Cl)c1Br)[C@@H]1Cc2ccccc2N1. The Hall–Kier alpha value is -1.52. The van der Waals surface area contributed by atoms with Crippen LogP contribution in [0.2, 0.25) is 5.02 Å². The number of anilines is 2. The molecule has 0 aromatic heterocycles. The number of benzene rings is 2. The highest BCUT2D eigenvalue weighted by molar-refractivity contribution is 9.10. The molecule has 20 heavy (non-hydrogen) atoms. The minimum Gasteiger partial charge on any atom is -0.373 e. The van der Waals surface area contributed by atoms with Crippen LogP contribution in [-0.2, 0) is 11.2 Å². The fourth-order valence-corrected chi connectivity index (χ4v) is 2.81. The first-order valence-electron chi connectivity index (χ1n) is 6.24. The molecule has 2 aromatic rings. The third kappa shape index (κ3) is 2.53. The maximum atomic E-state index is 12.3. The molecule has 1 aliphatic rings. The molecule has 1 atom stereocenters. The Morgan fingerprint density at radius 1 is 1.25 bits per heavy atom. The second-order valence-electron chi connectivity index (χ2n) is 4.65. The Bertz CT molecular complexity index is 650. The van der Waals surface area contributed by atoms with E-state index in [9.17, 15) is 4.79 Å². The molecule has 1 amide bonds. The largest absolute Gasteiger partial charge is 0.373 e. The van der Waals surface area contributed by atoms with E-state index in [4.69, 9.17) is 11.6 Å². The molecule has 2 N–H and O–H groups in total. The van der Waals surface area contributed by atoms with Gasteiger partial charge in [-0.2, -0.15) is 0 Å². The van der Waals surface area contributed by atoms with Crippen molar-refractivity contribution >= 4 is 44.8 Å². The number of fused-ring (bicyclic) bond motifs is 1. The molecule has 1 heterocycles. The van der Waals surface area contributed by atoms with Gasteiger partial charge in [-0.25, -0.2) is 0 Å². The Labute approximate surface area is 130 Å². The molecule has 0 saturated heterocycles. The van der Waals surface area contributed by atoms with Crippen molar-refractivity contribution in [3.05, 3.63) is 57.5 Å². The quantitative estimate of drug-likeness (QED) is 0.856. The predicted octanol–water partition coefficient (Wildman–Crippen LogP) is 4.08. The first-order chi connectivity index (χ1) is 9.65. The number of para-hydroxylation sites is 1. The van der Waals surface area contributed by atoms with Crippen LogP contribution in [0.4, 0.5) is 11.4 Å². The molecule has 0 bridgehead atoms. The van der Waals surface area contributed by atoms with Gasteiger partial charge in [-0.1, -0.05) is 35.9 Å². The molecule has 0 unspecified atom stereocenters. The average molecular weight is 352 g/mol. The van der Waals surface area contributed by atoms with Crippen molar-refractivity contribution in [1.82, 2.24) is 0 Å². The van der Waals surface area contributed by atoms with Crippen molar-refractivity contribution < 1.29 is 4.79 Å². The molecular formula is C15H12BrClN2O. The molecule has 0 saturated carbocycles. The molecule has 0 fully saturated rings. The number of amides is 1. The Balaban J connectivity index is 1.74. The monoisotopic (exact) mass is 350 g/mol. The van der Waals surface area contributed by atoms with E-state index in [1.54, 1.807) is 12.1 Å². The average Bonchev–Trinajstić information content (AvgIpc) is 2.88. The predicted molar refractivity (Wildman–Crippen MR) is 85.3 cm³/mol. The van der Waals surface area contributed by atoms with Crippen molar-refractivity contribution in [2.45, 2.75) is 12.5 Å². The van der Waals surface area contributed by atoms with Crippen LogP contribution in [0.15, 0.2) is 46.9 Å². The van der Waals surface area contributed by atoms with Crippen LogP contribution in [-0.4, -0.2) is 11.9 Å². The summed E-state index contributed by atoms with van der Waals surface area (Å²) in [6.07, 6.45) is 0.695. The lowest BCUT2D eigenvalue weighted by Gasteiger charge is -2.13. The molecule has 3 nitrogen and oxygen atoms in total. The minimum atomic E-state index is -0.252. The molecule has 3 rings (SSSR count). The van der Waals surface area contributed by atoms with E-state index in [0.717, 1.165) is 11.3 Å². The standard InChI is InChI=1S/C15H12BrClN2O/c16-14-10(17)5-3-7-12(14)19-15(20)13-8-9-4-1-2-6-11(9)18-13/h1-7,13,18H,8H2,(H,19,20)/t13-/m0/s1. The second kappa shape index (κ2) is 5.46. The fraction of sp³-hybridized carbons (Fsp3) is 0.133. The maximum absolute atomic E-state index is 12.3. The highest BCUT2D eigenvalue weighted by Crippen LogP contribution is 2.31. The second-order valence-corrected chi connectivity index (χ2v) is 5.85. The van der Waals surface area contributed by atoms with Gasteiger partial charge in [-0.3, -0.25) is 4.79 Å². The van der Waals surface area contributed by atoms with E-state index in [-0.39, 0.29) is 11.9 Å². The van der Waals surface area contributed by atoms with Crippen LogP contribution < -0.4 is 10.6 Å². The van der Waals surface area contributed by atoms with Crippen molar-refractivity contribution in [1.29, 1.82) is 0 Å². The first-order valence-corrected chi connectivity index (χ1v) is 7.41. The van der Waals surface area contributed by atoms with Gasteiger partial charge in [0.25, 0.3) is 0 Å². The van der Waals surface area contributed by atoms with Crippen molar-refractivity contribution in [3.63, 3.8) is 0 Å². The van der Waals surface area contributed by atoms with Crippen molar-refractivity contribution in [2.75, 3.05) is 10.6 Å². The van der Waals surface area contributed by atoms with Gasteiger partial charge in [-0.15, -0.1) is 0 Å². The molecular weight excluding hydrogens is 340 g/mol. The fourth-order valence-electron chi connectivity index (χ4n) is 2.28. The molecule has 0 radical (unpaired) electrons. The summed E-state index contributed by atoms with van der Waals surface area (Å²) in [5, 5.41) is 6.70.